The maximum Gasteiger partial charge on any atom is 0.258 e. The molecule has 27 heavy (non-hydrogen) atoms. The van der Waals surface area contributed by atoms with Crippen molar-refractivity contribution in [3.05, 3.63) is 45.0 Å². The molecule has 0 aliphatic heterocycles. The second-order valence-corrected chi connectivity index (χ2v) is 7.80. The molecule has 3 aromatic rings. The maximum atomic E-state index is 6.29. The predicted octanol–water partition coefficient (Wildman–Crippen LogP) is 6.24. The lowest BCUT2D eigenvalue weighted by molar-refractivity contribution is 0.240. The van der Waals surface area contributed by atoms with Crippen molar-refractivity contribution < 1.29 is 14.0 Å². The van der Waals surface area contributed by atoms with E-state index < -0.39 is 0 Å². The Balaban J connectivity index is 1.82. The van der Waals surface area contributed by atoms with Crippen molar-refractivity contribution in [3.63, 3.8) is 0 Å². The number of hydrogen-bond acceptors (Lipinski definition) is 5. The van der Waals surface area contributed by atoms with Gasteiger partial charge >= 0.3 is 0 Å². The summed E-state index contributed by atoms with van der Waals surface area (Å²) in [6.45, 7) is 6.67. The van der Waals surface area contributed by atoms with E-state index in [-0.39, 0.29) is 6.10 Å². The van der Waals surface area contributed by atoms with Gasteiger partial charge in [0.05, 0.1) is 21.3 Å². The molecule has 0 fully saturated rings. The summed E-state index contributed by atoms with van der Waals surface area (Å²) in [7, 11) is 0. The largest absolute Gasteiger partial charge is 0.492 e. The minimum absolute atomic E-state index is 0.121. The van der Waals surface area contributed by atoms with Crippen LogP contribution in [0.5, 0.6) is 11.5 Å². The lowest BCUT2D eigenvalue weighted by atomic mass is 10.2. The van der Waals surface area contributed by atoms with Gasteiger partial charge in [0, 0.05) is 11.1 Å². The van der Waals surface area contributed by atoms with Gasteiger partial charge in [-0.05, 0) is 79.3 Å². The standard InChI is InChI=1S/C20H20ClIN2O3/c1-4-9-25-17-7-6-14(10-15(17)21)20-23-19(24-27-20)13-5-8-18(16(22)11-13)26-12(2)3/h5-8,10-12H,4,9H2,1-3H3. The highest BCUT2D eigenvalue weighted by Crippen LogP contribution is 2.32. The lowest BCUT2D eigenvalue weighted by Crippen LogP contribution is -2.06. The number of ether oxygens (including phenoxy) is 2. The molecule has 0 atom stereocenters. The van der Waals surface area contributed by atoms with Crippen LogP contribution in [0.4, 0.5) is 0 Å². The fourth-order valence-electron chi connectivity index (χ4n) is 2.41. The summed E-state index contributed by atoms with van der Waals surface area (Å²) in [6.07, 6.45) is 1.04. The van der Waals surface area contributed by atoms with Gasteiger partial charge in [-0.1, -0.05) is 23.7 Å². The summed E-state index contributed by atoms with van der Waals surface area (Å²) in [6, 6.07) is 11.3. The normalized spacial score (nSPS) is 11.0. The Morgan fingerprint density at radius 1 is 1.11 bits per heavy atom. The van der Waals surface area contributed by atoms with Crippen molar-refractivity contribution in [1.29, 1.82) is 0 Å². The van der Waals surface area contributed by atoms with Crippen LogP contribution >= 0.6 is 34.2 Å². The monoisotopic (exact) mass is 498 g/mol. The second kappa shape index (κ2) is 8.93. The minimum atomic E-state index is 0.121. The van der Waals surface area contributed by atoms with Gasteiger partial charge in [0.2, 0.25) is 5.82 Å². The molecule has 0 spiro atoms. The summed E-state index contributed by atoms with van der Waals surface area (Å²) in [5.41, 5.74) is 1.61. The van der Waals surface area contributed by atoms with Crippen molar-refractivity contribution in [2.75, 3.05) is 6.61 Å². The number of benzene rings is 2. The molecule has 0 unspecified atom stereocenters. The van der Waals surface area contributed by atoms with Gasteiger partial charge in [-0.2, -0.15) is 4.98 Å². The van der Waals surface area contributed by atoms with E-state index in [0.717, 1.165) is 26.9 Å². The van der Waals surface area contributed by atoms with Gasteiger partial charge in [0.15, 0.2) is 0 Å². The molecule has 1 heterocycles. The third kappa shape index (κ3) is 4.93. The number of nitrogens with zero attached hydrogens (tertiary/aromatic N) is 2. The molecular formula is C20H20ClIN2O3. The fourth-order valence-corrected chi connectivity index (χ4v) is 3.29. The van der Waals surface area contributed by atoms with Crippen molar-refractivity contribution >= 4 is 34.2 Å². The third-order valence-electron chi connectivity index (χ3n) is 3.62. The highest BCUT2D eigenvalue weighted by Gasteiger charge is 2.14. The summed E-state index contributed by atoms with van der Waals surface area (Å²) in [5.74, 6) is 2.41. The molecule has 0 saturated carbocycles. The van der Waals surface area contributed by atoms with E-state index in [0.29, 0.717) is 29.1 Å². The first-order valence-corrected chi connectivity index (χ1v) is 10.2. The molecule has 0 saturated heterocycles. The number of halogens is 2. The lowest BCUT2D eigenvalue weighted by Gasteiger charge is -2.11. The van der Waals surface area contributed by atoms with Crippen LogP contribution in [0.15, 0.2) is 40.9 Å². The SMILES string of the molecule is CCCOc1ccc(-c2nc(-c3ccc(OC(C)C)c(I)c3)no2)cc1Cl. The third-order valence-corrected chi connectivity index (χ3v) is 4.76. The molecular weight excluding hydrogens is 479 g/mol. The zero-order valence-electron chi connectivity index (χ0n) is 15.3. The van der Waals surface area contributed by atoms with Crippen molar-refractivity contribution in [1.82, 2.24) is 10.1 Å². The smallest absolute Gasteiger partial charge is 0.258 e. The maximum absolute atomic E-state index is 6.29. The van der Waals surface area contributed by atoms with E-state index in [1.807, 2.05) is 51.1 Å². The molecule has 0 N–H and O–H groups in total. The van der Waals surface area contributed by atoms with Gasteiger partial charge in [0.1, 0.15) is 11.5 Å². The zero-order chi connectivity index (χ0) is 19.4. The van der Waals surface area contributed by atoms with Crippen molar-refractivity contribution in [2.24, 2.45) is 0 Å². The Hall–Kier alpha value is -1.80. The second-order valence-electron chi connectivity index (χ2n) is 6.23. The number of rotatable bonds is 7. The first-order valence-electron chi connectivity index (χ1n) is 8.71. The zero-order valence-corrected chi connectivity index (χ0v) is 18.2. The fraction of sp³-hybridized carbons (Fsp3) is 0.300. The molecule has 5 nitrogen and oxygen atoms in total. The number of hydrogen-bond donors (Lipinski definition) is 0. The molecule has 0 bridgehead atoms. The molecule has 0 aliphatic carbocycles. The Morgan fingerprint density at radius 3 is 2.52 bits per heavy atom. The molecule has 1 aromatic heterocycles. The van der Waals surface area contributed by atoms with Gasteiger partial charge < -0.3 is 14.0 Å². The summed E-state index contributed by atoms with van der Waals surface area (Å²) in [4.78, 5) is 4.49. The van der Waals surface area contributed by atoms with Crippen molar-refractivity contribution in [3.8, 4) is 34.3 Å². The van der Waals surface area contributed by atoms with E-state index >= 15 is 0 Å². The average molecular weight is 499 g/mol. The quantitative estimate of drug-likeness (QED) is 0.361. The highest BCUT2D eigenvalue weighted by molar-refractivity contribution is 14.1. The van der Waals surface area contributed by atoms with Gasteiger partial charge in [-0.25, -0.2) is 0 Å². The van der Waals surface area contributed by atoms with Crippen molar-refractivity contribution in [2.45, 2.75) is 33.3 Å². The van der Waals surface area contributed by atoms with Gasteiger partial charge in [-0.3, -0.25) is 0 Å². The van der Waals surface area contributed by atoms with Gasteiger partial charge in [0.25, 0.3) is 5.89 Å². The van der Waals surface area contributed by atoms with E-state index in [4.69, 9.17) is 25.6 Å². The Kier molecular flexibility index (Phi) is 6.59. The minimum Gasteiger partial charge on any atom is -0.492 e. The van der Waals surface area contributed by atoms with Crippen LogP contribution in [0.25, 0.3) is 22.8 Å². The van der Waals surface area contributed by atoms with Crippen LogP contribution in [0, 0.1) is 3.57 Å². The summed E-state index contributed by atoms with van der Waals surface area (Å²) >= 11 is 8.53. The Labute approximate surface area is 177 Å². The molecule has 7 heteroatoms. The first-order chi connectivity index (χ1) is 13.0. The molecule has 142 valence electrons. The Morgan fingerprint density at radius 2 is 1.85 bits per heavy atom. The van der Waals surface area contributed by atoms with Crippen LogP contribution < -0.4 is 9.47 Å². The summed E-state index contributed by atoms with van der Waals surface area (Å²) in [5, 5.41) is 4.61. The molecule has 0 radical (unpaired) electrons. The predicted molar refractivity (Wildman–Crippen MR) is 114 cm³/mol. The van der Waals surface area contributed by atoms with Gasteiger partial charge in [-0.15, -0.1) is 0 Å². The number of aromatic nitrogens is 2. The first kappa shape index (κ1) is 19.9. The Bertz CT molecular complexity index is 927. The van der Waals surface area contributed by atoms with E-state index in [1.165, 1.54) is 0 Å². The topological polar surface area (TPSA) is 57.4 Å². The van der Waals surface area contributed by atoms with Crippen LogP contribution in [0.2, 0.25) is 5.02 Å². The van der Waals surface area contributed by atoms with E-state index in [9.17, 15) is 0 Å². The van der Waals surface area contributed by atoms with Crippen LogP contribution in [-0.2, 0) is 0 Å². The highest BCUT2D eigenvalue weighted by atomic mass is 127. The molecule has 0 aliphatic rings. The molecule has 3 rings (SSSR count). The van der Waals surface area contributed by atoms with Crippen LogP contribution in [0.3, 0.4) is 0 Å². The summed E-state index contributed by atoms with van der Waals surface area (Å²) < 4.78 is 17.8. The van der Waals surface area contributed by atoms with E-state index in [1.54, 1.807) is 6.07 Å². The van der Waals surface area contributed by atoms with E-state index in [2.05, 4.69) is 32.7 Å². The molecule has 0 amide bonds. The van der Waals surface area contributed by atoms with Crippen LogP contribution in [0.1, 0.15) is 27.2 Å². The van der Waals surface area contributed by atoms with Crippen LogP contribution in [-0.4, -0.2) is 22.9 Å². The molecule has 2 aromatic carbocycles. The average Bonchev–Trinajstić information content (AvgIpc) is 3.12.